The summed E-state index contributed by atoms with van der Waals surface area (Å²) in [4.78, 5) is 37.3. The highest BCUT2D eigenvalue weighted by molar-refractivity contribution is 8.00. The van der Waals surface area contributed by atoms with Crippen LogP contribution in [0.4, 0.5) is 0 Å². The van der Waals surface area contributed by atoms with Gasteiger partial charge < -0.3 is 9.64 Å². The predicted octanol–water partition coefficient (Wildman–Crippen LogP) is 3.51. The molecule has 6 nitrogen and oxygen atoms in total. The lowest BCUT2D eigenvalue weighted by molar-refractivity contribution is -0.150. The summed E-state index contributed by atoms with van der Waals surface area (Å²) in [7, 11) is 0. The van der Waals surface area contributed by atoms with Crippen molar-refractivity contribution in [2.24, 2.45) is 5.92 Å². The number of hydrogen-bond donors (Lipinski definition) is 0. The van der Waals surface area contributed by atoms with Gasteiger partial charge in [-0.1, -0.05) is 18.7 Å². The summed E-state index contributed by atoms with van der Waals surface area (Å²) in [5, 5.41) is 1.81. The number of piperidine rings is 1. The molecule has 1 saturated heterocycles. The molecule has 3 rings (SSSR count). The van der Waals surface area contributed by atoms with Crippen LogP contribution in [0, 0.1) is 26.7 Å². The van der Waals surface area contributed by atoms with Crippen molar-refractivity contribution in [2.75, 3.05) is 25.4 Å². The number of aromatic nitrogens is 2. The Morgan fingerprint density at radius 3 is 2.81 bits per heavy atom. The Balaban J connectivity index is 1.56. The van der Waals surface area contributed by atoms with E-state index in [1.54, 1.807) is 16.2 Å². The lowest BCUT2D eigenvalue weighted by atomic mass is 10.0. The fraction of sp³-hybridized carbons (Fsp3) is 0.579. The van der Waals surface area contributed by atoms with Crippen molar-refractivity contribution in [1.29, 1.82) is 0 Å². The largest absolute Gasteiger partial charge is 0.455 e. The molecule has 1 aliphatic rings. The maximum Gasteiger partial charge on any atom is 0.316 e. The van der Waals surface area contributed by atoms with Gasteiger partial charge >= 0.3 is 5.97 Å². The molecule has 1 aliphatic heterocycles. The summed E-state index contributed by atoms with van der Waals surface area (Å²) < 4.78 is 5.20. The molecular weight excluding hydrogens is 382 g/mol. The number of esters is 1. The second-order valence-electron chi connectivity index (χ2n) is 7.08. The van der Waals surface area contributed by atoms with E-state index in [-0.39, 0.29) is 18.3 Å². The van der Waals surface area contributed by atoms with Crippen molar-refractivity contribution >= 4 is 45.2 Å². The van der Waals surface area contributed by atoms with E-state index in [1.807, 2.05) is 13.8 Å². The average molecular weight is 408 g/mol. The Morgan fingerprint density at radius 2 is 2.07 bits per heavy atom. The van der Waals surface area contributed by atoms with Crippen LogP contribution in [0.2, 0.25) is 0 Å². The van der Waals surface area contributed by atoms with E-state index >= 15 is 0 Å². The van der Waals surface area contributed by atoms with Crippen LogP contribution < -0.4 is 0 Å². The van der Waals surface area contributed by atoms with Gasteiger partial charge in [0.1, 0.15) is 15.7 Å². The third-order valence-electron chi connectivity index (χ3n) is 4.80. The Morgan fingerprint density at radius 1 is 1.30 bits per heavy atom. The van der Waals surface area contributed by atoms with Crippen LogP contribution in [0.25, 0.3) is 10.2 Å². The van der Waals surface area contributed by atoms with Gasteiger partial charge in [-0.3, -0.25) is 9.59 Å². The topological polar surface area (TPSA) is 72.4 Å². The molecular formula is C19H25N3O3S2. The number of carbonyl (C=O) groups is 2. The van der Waals surface area contributed by atoms with Gasteiger partial charge in [-0.05, 0) is 45.1 Å². The van der Waals surface area contributed by atoms with Crippen LogP contribution in [0.15, 0.2) is 5.03 Å². The van der Waals surface area contributed by atoms with Gasteiger partial charge in [0.2, 0.25) is 0 Å². The Labute approximate surface area is 167 Å². The number of thioether (sulfide) groups is 1. The number of amides is 1. The summed E-state index contributed by atoms with van der Waals surface area (Å²) in [6.07, 6.45) is 2.16. The number of aryl methyl sites for hydroxylation is 3. The molecule has 2 aromatic rings. The molecule has 2 aromatic heterocycles. The third kappa shape index (κ3) is 4.79. The number of thiophene rings is 1. The highest BCUT2D eigenvalue weighted by atomic mass is 32.2. The highest BCUT2D eigenvalue weighted by Gasteiger charge is 2.22. The van der Waals surface area contributed by atoms with E-state index in [0.29, 0.717) is 11.7 Å². The van der Waals surface area contributed by atoms with Crippen molar-refractivity contribution in [3.63, 3.8) is 0 Å². The summed E-state index contributed by atoms with van der Waals surface area (Å²) in [5.41, 5.74) is 1.15. The third-order valence-corrected chi connectivity index (χ3v) is 6.85. The van der Waals surface area contributed by atoms with Gasteiger partial charge in [0.25, 0.3) is 5.91 Å². The monoisotopic (exact) mass is 407 g/mol. The van der Waals surface area contributed by atoms with E-state index in [2.05, 4.69) is 23.8 Å². The van der Waals surface area contributed by atoms with Gasteiger partial charge in [0.15, 0.2) is 6.61 Å². The molecule has 8 heteroatoms. The number of rotatable bonds is 5. The Kier molecular flexibility index (Phi) is 6.37. The van der Waals surface area contributed by atoms with Crippen LogP contribution in [0.5, 0.6) is 0 Å². The number of ether oxygens (including phenoxy) is 1. The molecule has 1 atom stereocenters. The zero-order chi connectivity index (χ0) is 19.6. The van der Waals surface area contributed by atoms with Crippen LogP contribution in [-0.2, 0) is 14.3 Å². The van der Waals surface area contributed by atoms with Crippen LogP contribution >= 0.6 is 23.1 Å². The van der Waals surface area contributed by atoms with Crippen molar-refractivity contribution in [1.82, 2.24) is 14.9 Å². The zero-order valence-corrected chi connectivity index (χ0v) is 17.8. The fourth-order valence-electron chi connectivity index (χ4n) is 3.24. The van der Waals surface area contributed by atoms with Gasteiger partial charge in [-0.25, -0.2) is 9.97 Å². The molecule has 0 unspecified atom stereocenters. The summed E-state index contributed by atoms with van der Waals surface area (Å²) in [6, 6.07) is 0. The Hall–Kier alpha value is -1.67. The first-order chi connectivity index (χ1) is 12.8. The molecule has 27 heavy (non-hydrogen) atoms. The lowest BCUT2D eigenvalue weighted by Gasteiger charge is -2.30. The second kappa shape index (κ2) is 8.56. The van der Waals surface area contributed by atoms with Crippen LogP contribution in [-0.4, -0.2) is 52.2 Å². The Bertz CT molecular complexity index is 865. The molecule has 1 fully saturated rings. The molecule has 146 valence electrons. The van der Waals surface area contributed by atoms with E-state index in [0.717, 1.165) is 46.7 Å². The fourth-order valence-corrected chi connectivity index (χ4v) is 5.31. The number of likely N-dealkylation sites (tertiary alicyclic amines) is 1. The highest BCUT2D eigenvalue weighted by Crippen LogP contribution is 2.35. The average Bonchev–Trinajstić information content (AvgIpc) is 2.91. The first-order valence-electron chi connectivity index (χ1n) is 9.15. The molecule has 0 aliphatic carbocycles. The molecule has 0 radical (unpaired) electrons. The smallest absolute Gasteiger partial charge is 0.316 e. The van der Waals surface area contributed by atoms with Crippen molar-refractivity contribution < 1.29 is 14.3 Å². The SMILES string of the molecule is Cc1nc(SCC(=O)OCC(=O)N2CCC[C@@H](C)C2)c2c(C)c(C)sc2n1. The van der Waals surface area contributed by atoms with E-state index in [4.69, 9.17) is 4.74 Å². The molecule has 0 N–H and O–H groups in total. The number of fused-ring (bicyclic) bond motifs is 1. The quantitative estimate of drug-likeness (QED) is 0.429. The summed E-state index contributed by atoms with van der Waals surface area (Å²) in [6.45, 7) is 9.43. The summed E-state index contributed by atoms with van der Waals surface area (Å²) in [5.74, 6) is 0.824. The zero-order valence-electron chi connectivity index (χ0n) is 16.2. The number of carbonyl (C=O) groups excluding carboxylic acids is 2. The van der Waals surface area contributed by atoms with Gasteiger partial charge in [-0.2, -0.15) is 0 Å². The van der Waals surface area contributed by atoms with Gasteiger partial charge in [-0.15, -0.1) is 11.3 Å². The maximum absolute atomic E-state index is 12.2. The predicted molar refractivity (Wildman–Crippen MR) is 108 cm³/mol. The minimum atomic E-state index is -0.396. The minimum absolute atomic E-state index is 0.107. The molecule has 3 heterocycles. The second-order valence-corrected chi connectivity index (χ2v) is 9.24. The first kappa shape index (κ1) is 20.1. The van der Waals surface area contributed by atoms with E-state index in [1.165, 1.54) is 16.6 Å². The van der Waals surface area contributed by atoms with E-state index < -0.39 is 5.97 Å². The van der Waals surface area contributed by atoms with Crippen molar-refractivity contribution in [3.8, 4) is 0 Å². The lowest BCUT2D eigenvalue weighted by Crippen LogP contribution is -2.41. The van der Waals surface area contributed by atoms with Crippen LogP contribution in [0.3, 0.4) is 0 Å². The van der Waals surface area contributed by atoms with Crippen molar-refractivity contribution in [2.45, 2.75) is 45.6 Å². The normalized spacial score (nSPS) is 17.3. The number of hydrogen-bond acceptors (Lipinski definition) is 7. The molecule has 0 aromatic carbocycles. The van der Waals surface area contributed by atoms with Crippen LogP contribution in [0.1, 0.15) is 36.0 Å². The summed E-state index contributed by atoms with van der Waals surface area (Å²) >= 11 is 2.98. The molecule has 1 amide bonds. The maximum atomic E-state index is 12.2. The van der Waals surface area contributed by atoms with Gasteiger partial charge in [0, 0.05) is 23.4 Å². The minimum Gasteiger partial charge on any atom is -0.455 e. The number of nitrogens with zero attached hydrogens (tertiary/aromatic N) is 3. The molecule has 0 spiro atoms. The van der Waals surface area contributed by atoms with Crippen molar-refractivity contribution in [3.05, 3.63) is 16.3 Å². The van der Waals surface area contributed by atoms with Gasteiger partial charge in [0.05, 0.1) is 5.75 Å². The standard InChI is InChI=1S/C19H25N3O3S2/c1-11-6-5-7-22(8-11)15(23)9-25-16(24)10-26-18-17-12(2)13(3)27-19(17)21-14(4)20-18/h11H,5-10H2,1-4H3/t11-/m1/s1. The molecule has 0 bridgehead atoms. The van der Waals surface area contributed by atoms with E-state index in [9.17, 15) is 9.59 Å². The molecule has 0 saturated carbocycles. The first-order valence-corrected chi connectivity index (χ1v) is 11.0.